The Morgan fingerprint density at radius 2 is 1.62 bits per heavy atom. The number of benzene rings is 1. The van der Waals surface area contributed by atoms with E-state index in [2.05, 4.69) is 55.9 Å². The summed E-state index contributed by atoms with van der Waals surface area (Å²) < 4.78 is 28.9. The minimum absolute atomic E-state index is 0.0851. The highest BCUT2D eigenvalue weighted by atomic mass is 19.1. The third-order valence-electron chi connectivity index (χ3n) is 7.20. The average Bonchev–Trinajstić information content (AvgIpc) is 3.70. The van der Waals surface area contributed by atoms with E-state index in [1.165, 1.54) is 28.9 Å². The maximum Gasteiger partial charge on any atom is 0.271 e. The van der Waals surface area contributed by atoms with Crippen LogP contribution in [0.25, 0.3) is 16.6 Å². The molecule has 1 aliphatic rings. The van der Waals surface area contributed by atoms with E-state index in [1.807, 2.05) is 32.0 Å². The summed E-state index contributed by atoms with van der Waals surface area (Å²) in [5.74, 6) is -1.55. The van der Waals surface area contributed by atoms with Crippen molar-refractivity contribution < 1.29 is 18.4 Å². The summed E-state index contributed by atoms with van der Waals surface area (Å²) in [6.07, 6.45) is 11.5. The van der Waals surface area contributed by atoms with Crippen LogP contribution in [-0.2, 0) is 0 Å². The third-order valence-corrected chi connectivity index (χ3v) is 7.20. The lowest BCUT2D eigenvalue weighted by Crippen LogP contribution is -2.44. The molecule has 4 N–H and O–H groups in total. The van der Waals surface area contributed by atoms with Crippen molar-refractivity contribution in [3.8, 4) is 0 Å². The number of hydrogen-bond acceptors (Lipinski definition) is 6. The molecule has 1 fully saturated rings. The number of hydrogen-bond donors (Lipinski definition) is 4. The van der Waals surface area contributed by atoms with Crippen LogP contribution in [0.15, 0.2) is 98.6 Å². The average molecular weight is 641 g/mol. The first kappa shape index (κ1) is 34.2. The number of imidazole rings is 1. The van der Waals surface area contributed by atoms with Gasteiger partial charge in [0.2, 0.25) is 0 Å². The highest BCUT2D eigenvalue weighted by molar-refractivity contribution is 5.99. The Kier molecular flexibility index (Phi) is 11.7. The first-order chi connectivity index (χ1) is 22.6. The Hall–Kier alpha value is -5.65. The fourth-order valence-corrected chi connectivity index (χ4v) is 4.85. The van der Waals surface area contributed by atoms with Crippen molar-refractivity contribution in [2.45, 2.75) is 51.6 Å². The lowest BCUT2D eigenvalue weighted by molar-refractivity contribution is 0.0889. The smallest absolute Gasteiger partial charge is 0.271 e. The standard InChI is InChI=1S/C27H24F2N8O2.C5H8.C3H6/c28-16-1-8-24-35-23(14-37(24)13-16)27(39)34-19-4-2-18(3-5-19)33-26(38)21-10-17(29)12-30-25(21)32-20-6-7-22-15(9-20)11-31-36-22;1-4-5(2)3;1-3-2/h1,6-14,18-19H,2-5H2,(H,30,32)(H,31,36)(H,33,38)(H,34,39);4H,1-2H2,3H3;3H,1H2,2H3. The van der Waals surface area contributed by atoms with Gasteiger partial charge in [0, 0.05) is 35.6 Å². The highest BCUT2D eigenvalue weighted by Crippen LogP contribution is 2.24. The van der Waals surface area contributed by atoms with Crippen molar-refractivity contribution in [2.75, 3.05) is 5.32 Å². The molecule has 10 nitrogen and oxygen atoms in total. The van der Waals surface area contributed by atoms with Gasteiger partial charge in [-0.15, -0.1) is 6.58 Å². The Bertz CT molecular complexity index is 1890. The van der Waals surface area contributed by atoms with Gasteiger partial charge in [-0.25, -0.2) is 18.7 Å². The van der Waals surface area contributed by atoms with Gasteiger partial charge in [-0.05, 0) is 75.9 Å². The first-order valence-electron chi connectivity index (χ1n) is 15.1. The van der Waals surface area contributed by atoms with Crippen molar-refractivity contribution in [3.05, 3.63) is 122 Å². The molecule has 1 aliphatic carbocycles. The molecule has 5 aromatic rings. The van der Waals surface area contributed by atoms with Crippen LogP contribution in [0.2, 0.25) is 0 Å². The van der Waals surface area contributed by atoms with Crippen LogP contribution in [0.3, 0.4) is 0 Å². The predicted octanol–water partition coefficient (Wildman–Crippen LogP) is 7.04. The van der Waals surface area contributed by atoms with Crippen molar-refractivity contribution in [1.29, 1.82) is 0 Å². The molecule has 1 saturated carbocycles. The van der Waals surface area contributed by atoms with Crippen LogP contribution in [0.5, 0.6) is 0 Å². The lowest BCUT2D eigenvalue weighted by Gasteiger charge is -2.29. The third kappa shape index (κ3) is 9.42. The second-order valence-corrected chi connectivity index (χ2v) is 11.0. The Morgan fingerprint density at radius 3 is 2.28 bits per heavy atom. The number of amides is 2. The van der Waals surface area contributed by atoms with Gasteiger partial charge in [-0.1, -0.05) is 30.9 Å². The number of rotatable bonds is 7. The molecule has 0 bridgehead atoms. The van der Waals surface area contributed by atoms with Crippen LogP contribution in [-0.4, -0.2) is 48.5 Å². The number of H-pyrrole nitrogens is 1. The molecule has 6 rings (SSSR count). The molecule has 4 aromatic heterocycles. The summed E-state index contributed by atoms with van der Waals surface area (Å²) >= 11 is 0. The zero-order valence-corrected chi connectivity index (χ0v) is 26.4. The van der Waals surface area contributed by atoms with E-state index >= 15 is 0 Å². The molecule has 1 aromatic carbocycles. The summed E-state index contributed by atoms with van der Waals surface area (Å²) in [6, 6.07) is 9.25. The van der Waals surface area contributed by atoms with Gasteiger partial charge in [0.05, 0.1) is 23.5 Å². The second kappa shape index (κ2) is 16.1. The van der Waals surface area contributed by atoms with Gasteiger partial charge in [0.1, 0.15) is 28.8 Å². The molecule has 244 valence electrons. The topological polar surface area (TPSA) is 129 Å². The number of anilines is 2. The number of nitrogens with one attached hydrogen (secondary N) is 4. The van der Waals surface area contributed by atoms with Gasteiger partial charge >= 0.3 is 0 Å². The number of carbonyl (C=O) groups is 2. The maximum absolute atomic E-state index is 14.0. The molecule has 0 spiro atoms. The van der Waals surface area contributed by atoms with Crippen LogP contribution in [0, 0.1) is 11.6 Å². The second-order valence-electron chi connectivity index (χ2n) is 11.0. The van der Waals surface area contributed by atoms with Gasteiger partial charge in [0.25, 0.3) is 11.8 Å². The SMILES string of the molecule is C=CC.C=CC(=C)C.O=C(NC1CCC(NC(=O)c2cc(F)cnc2Nc2ccc3[nH]ncc3c2)CC1)c1cn2cc(F)ccc2n1. The number of nitrogens with zero attached hydrogens (tertiary/aromatic N) is 4. The number of pyridine rings is 2. The lowest BCUT2D eigenvalue weighted by atomic mass is 9.91. The van der Waals surface area contributed by atoms with Crippen molar-refractivity contribution in [2.24, 2.45) is 0 Å². The minimum Gasteiger partial charge on any atom is -0.349 e. The highest BCUT2D eigenvalue weighted by Gasteiger charge is 2.26. The van der Waals surface area contributed by atoms with E-state index in [0.29, 0.717) is 37.0 Å². The van der Waals surface area contributed by atoms with E-state index in [9.17, 15) is 18.4 Å². The molecule has 4 heterocycles. The maximum atomic E-state index is 14.0. The Morgan fingerprint density at radius 1 is 0.957 bits per heavy atom. The van der Waals surface area contributed by atoms with Gasteiger partial charge in [-0.3, -0.25) is 14.7 Å². The number of aromatic amines is 1. The van der Waals surface area contributed by atoms with Gasteiger partial charge in [-0.2, -0.15) is 5.10 Å². The molecule has 0 unspecified atom stereocenters. The van der Waals surface area contributed by atoms with Crippen LogP contribution in [0.1, 0.15) is 60.4 Å². The van der Waals surface area contributed by atoms with Gasteiger partial charge < -0.3 is 20.4 Å². The van der Waals surface area contributed by atoms with Crippen molar-refractivity contribution in [1.82, 2.24) is 35.2 Å². The van der Waals surface area contributed by atoms with E-state index < -0.39 is 17.5 Å². The van der Waals surface area contributed by atoms with Gasteiger partial charge in [0.15, 0.2) is 0 Å². The number of allylic oxidation sites excluding steroid dienone is 3. The Balaban J connectivity index is 0.000000564. The monoisotopic (exact) mass is 640 g/mol. The van der Waals surface area contributed by atoms with E-state index in [4.69, 9.17) is 0 Å². The molecule has 12 heteroatoms. The fraction of sp³-hybridized carbons (Fsp3) is 0.229. The van der Waals surface area contributed by atoms with Crippen LogP contribution < -0.4 is 16.0 Å². The first-order valence-corrected chi connectivity index (χ1v) is 15.1. The molecule has 0 atom stereocenters. The Labute approximate surface area is 271 Å². The summed E-state index contributed by atoms with van der Waals surface area (Å²) in [4.78, 5) is 34.2. The zero-order valence-electron chi connectivity index (χ0n) is 26.4. The normalized spacial score (nSPS) is 15.3. The summed E-state index contributed by atoms with van der Waals surface area (Å²) in [6.45, 7) is 14.2. The summed E-state index contributed by atoms with van der Waals surface area (Å²) in [7, 11) is 0. The van der Waals surface area contributed by atoms with Crippen LogP contribution in [0.4, 0.5) is 20.3 Å². The quantitative estimate of drug-likeness (QED) is 0.112. The van der Waals surface area contributed by atoms with Crippen LogP contribution >= 0.6 is 0 Å². The van der Waals surface area contributed by atoms with E-state index in [-0.39, 0.29) is 35.1 Å². The number of halogens is 2. The molecule has 47 heavy (non-hydrogen) atoms. The summed E-state index contributed by atoms with van der Waals surface area (Å²) in [5.41, 5.74) is 3.36. The number of carbonyl (C=O) groups excluding carboxylic acids is 2. The summed E-state index contributed by atoms with van der Waals surface area (Å²) in [5, 5.41) is 16.8. The predicted molar refractivity (Wildman–Crippen MR) is 181 cm³/mol. The molecule has 2 amide bonds. The van der Waals surface area contributed by atoms with Crippen molar-refractivity contribution in [3.63, 3.8) is 0 Å². The van der Waals surface area contributed by atoms with E-state index in [1.54, 1.807) is 18.3 Å². The molecule has 0 aliphatic heterocycles. The number of aromatic nitrogens is 5. The minimum atomic E-state index is -0.614. The largest absolute Gasteiger partial charge is 0.349 e. The molecular formula is C35H38F2N8O2. The molecule has 0 saturated heterocycles. The molecular weight excluding hydrogens is 602 g/mol. The van der Waals surface area contributed by atoms with E-state index in [0.717, 1.165) is 28.7 Å². The molecule has 0 radical (unpaired) electrons. The fourth-order valence-electron chi connectivity index (χ4n) is 4.85. The van der Waals surface area contributed by atoms with Crippen molar-refractivity contribution >= 4 is 39.9 Å². The number of fused-ring (bicyclic) bond motifs is 2. The zero-order chi connectivity index (χ0) is 33.9.